The molecule has 0 aromatic carbocycles. The van der Waals surface area contributed by atoms with Gasteiger partial charge in [0.05, 0.1) is 6.61 Å². The zero-order valence-corrected chi connectivity index (χ0v) is 40.7. The highest BCUT2D eigenvalue weighted by Gasteiger charge is 2.54. The van der Waals surface area contributed by atoms with Crippen molar-refractivity contribution in [1.82, 2.24) is 0 Å². The fourth-order valence-corrected chi connectivity index (χ4v) is 8.43. The Hall–Kier alpha value is -2.30. The number of carbonyl (C=O) groups excluding carboxylic acids is 2. The minimum absolute atomic E-state index is 0.00329. The predicted molar refractivity (Wildman–Crippen MR) is 250 cm³/mol. The summed E-state index contributed by atoms with van der Waals surface area (Å²) in [5.74, 6) is -1.30. The van der Waals surface area contributed by atoms with Crippen molar-refractivity contribution in [3.05, 3.63) is 60.8 Å². The molecule has 0 radical (unpaired) electrons. The van der Waals surface area contributed by atoms with Gasteiger partial charge < -0.3 is 44.6 Å². The molecule has 7 N–H and O–H groups in total. The molecular weight excluding hydrogens is 882 g/mol. The lowest BCUT2D eigenvalue weighted by Gasteiger charge is -2.43. The Bertz CT molecular complexity index is 1490. The molecule has 1 fully saturated rings. The molecule has 0 amide bonds. The van der Waals surface area contributed by atoms with Gasteiger partial charge in [-0.05, 0) is 51.4 Å². The van der Waals surface area contributed by atoms with E-state index in [1.165, 1.54) is 70.6 Å². The molecule has 0 heterocycles. The molecule has 18 heteroatoms. The van der Waals surface area contributed by atoms with E-state index in [0.717, 1.165) is 51.4 Å². The summed E-state index contributed by atoms with van der Waals surface area (Å²) in [6.07, 6.45) is 29.1. The summed E-state index contributed by atoms with van der Waals surface area (Å²) in [5.41, 5.74) is 0. The zero-order chi connectivity index (χ0) is 48.2. The maximum Gasteiger partial charge on any atom is 0.472 e. The van der Waals surface area contributed by atoms with Gasteiger partial charge in [0, 0.05) is 12.8 Å². The number of hydrogen-bond donors (Lipinski definition) is 7. The Morgan fingerprint density at radius 3 is 1.42 bits per heavy atom. The molecule has 0 saturated heterocycles. The predicted octanol–water partition coefficient (Wildman–Crippen LogP) is 9.06. The molecular formula is C47H82O16P2. The van der Waals surface area contributed by atoms with Crippen LogP contribution in [0.1, 0.15) is 168 Å². The van der Waals surface area contributed by atoms with Gasteiger partial charge in [-0.1, -0.05) is 164 Å². The summed E-state index contributed by atoms with van der Waals surface area (Å²) in [5, 5.41) is 41.2. The topological polar surface area (TPSA) is 256 Å². The number of allylic oxidation sites excluding steroid dienone is 10. The second-order valence-electron chi connectivity index (χ2n) is 16.5. The van der Waals surface area contributed by atoms with Gasteiger partial charge in [-0.3, -0.25) is 23.2 Å². The Balaban J connectivity index is 2.63. The van der Waals surface area contributed by atoms with Crippen molar-refractivity contribution in [1.29, 1.82) is 0 Å². The molecule has 0 bridgehead atoms. The highest BCUT2D eigenvalue weighted by atomic mass is 31.2. The third-order valence-corrected chi connectivity index (χ3v) is 12.1. The van der Waals surface area contributed by atoms with Crippen LogP contribution in [0.5, 0.6) is 0 Å². The lowest BCUT2D eigenvalue weighted by atomic mass is 9.85. The first-order chi connectivity index (χ1) is 31.1. The van der Waals surface area contributed by atoms with Crippen LogP contribution in [0.3, 0.4) is 0 Å². The van der Waals surface area contributed by atoms with Crippen molar-refractivity contribution in [2.45, 2.75) is 211 Å². The Kier molecular flexibility index (Phi) is 35.2. The van der Waals surface area contributed by atoms with Crippen molar-refractivity contribution in [2.75, 3.05) is 13.2 Å². The van der Waals surface area contributed by atoms with Crippen molar-refractivity contribution in [3.63, 3.8) is 0 Å². The lowest BCUT2D eigenvalue weighted by Crippen LogP contribution is -2.64. The molecule has 0 aromatic rings. The van der Waals surface area contributed by atoms with E-state index in [9.17, 15) is 44.0 Å². The molecule has 65 heavy (non-hydrogen) atoms. The van der Waals surface area contributed by atoms with Gasteiger partial charge in [-0.15, -0.1) is 0 Å². The van der Waals surface area contributed by atoms with Crippen LogP contribution < -0.4 is 0 Å². The number of hydrogen-bond acceptors (Lipinski definition) is 13. The van der Waals surface area contributed by atoms with E-state index in [1.54, 1.807) is 0 Å². The van der Waals surface area contributed by atoms with Crippen LogP contribution >= 0.6 is 15.6 Å². The second-order valence-corrected chi connectivity index (χ2v) is 19.1. The van der Waals surface area contributed by atoms with Crippen molar-refractivity contribution < 1.29 is 76.9 Å². The summed E-state index contributed by atoms with van der Waals surface area (Å²) in [4.78, 5) is 54.2. The number of aliphatic hydroxyl groups excluding tert-OH is 4. The maximum absolute atomic E-state index is 13.0. The molecule has 0 aliphatic heterocycles. The summed E-state index contributed by atoms with van der Waals surface area (Å²) in [7, 11) is -10.7. The van der Waals surface area contributed by atoms with E-state index >= 15 is 0 Å². The molecule has 16 nitrogen and oxygen atoms in total. The van der Waals surface area contributed by atoms with Crippen molar-refractivity contribution in [3.8, 4) is 0 Å². The minimum Gasteiger partial charge on any atom is -0.462 e. The number of phosphoric ester groups is 2. The fourth-order valence-electron chi connectivity index (χ4n) is 6.89. The maximum atomic E-state index is 13.0. The average molecular weight is 965 g/mol. The Morgan fingerprint density at radius 2 is 0.923 bits per heavy atom. The molecule has 1 saturated carbocycles. The van der Waals surface area contributed by atoms with Crippen LogP contribution in [0.25, 0.3) is 0 Å². The summed E-state index contributed by atoms with van der Waals surface area (Å²) in [6, 6.07) is 0. The smallest absolute Gasteiger partial charge is 0.462 e. The third kappa shape index (κ3) is 32.2. The molecule has 376 valence electrons. The average Bonchev–Trinajstić information content (AvgIpc) is 3.26. The molecule has 0 spiro atoms. The SMILES string of the molecule is CCCCCC=CCC=CCC=CCC=CCC=CCCC(=O)OCC(COP(=O)(O)OC1C(O)C(O)C(O)C(OP(=O)(O)O)C1O)OC(=O)CCCCCCCCCCCCCCC. The molecule has 1 aliphatic carbocycles. The van der Waals surface area contributed by atoms with Crippen LogP contribution in [0.4, 0.5) is 0 Å². The van der Waals surface area contributed by atoms with Gasteiger partial charge in [0.15, 0.2) is 6.10 Å². The monoisotopic (exact) mass is 965 g/mol. The van der Waals surface area contributed by atoms with E-state index in [2.05, 4.69) is 60.9 Å². The Labute approximate surface area is 388 Å². The first kappa shape index (κ1) is 60.7. The van der Waals surface area contributed by atoms with E-state index in [0.29, 0.717) is 19.3 Å². The van der Waals surface area contributed by atoms with Gasteiger partial charge >= 0.3 is 27.6 Å². The number of ether oxygens (including phenoxy) is 2. The highest BCUT2D eigenvalue weighted by Crippen LogP contribution is 2.49. The Morgan fingerprint density at radius 1 is 0.492 bits per heavy atom. The van der Waals surface area contributed by atoms with E-state index < -0.39 is 83.5 Å². The summed E-state index contributed by atoms with van der Waals surface area (Å²) in [6.45, 7) is 3.01. The van der Waals surface area contributed by atoms with E-state index in [4.69, 9.17) is 28.3 Å². The number of carbonyl (C=O) groups is 2. The lowest BCUT2D eigenvalue weighted by molar-refractivity contribution is -0.216. The molecule has 8 atom stereocenters. The van der Waals surface area contributed by atoms with Crippen LogP contribution in [0.15, 0.2) is 60.8 Å². The van der Waals surface area contributed by atoms with Gasteiger partial charge in [-0.2, -0.15) is 0 Å². The van der Waals surface area contributed by atoms with Gasteiger partial charge in [0.1, 0.15) is 43.2 Å². The number of rotatable bonds is 39. The van der Waals surface area contributed by atoms with Crippen LogP contribution in [0.2, 0.25) is 0 Å². The van der Waals surface area contributed by atoms with Gasteiger partial charge in [-0.25, -0.2) is 9.13 Å². The zero-order valence-electron chi connectivity index (χ0n) is 38.9. The molecule has 1 aliphatic rings. The third-order valence-electron chi connectivity index (χ3n) is 10.6. The number of unbranched alkanes of at least 4 members (excludes halogenated alkanes) is 15. The number of aliphatic hydroxyl groups is 4. The van der Waals surface area contributed by atoms with Gasteiger partial charge in [0.25, 0.3) is 0 Å². The minimum atomic E-state index is -5.37. The van der Waals surface area contributed by atoms with Crippen molar-refractivity contribution >= 4 is 27.6 Å². The van der Waals surface area contributed by atoms with E-state index in [1.807, 2.05) is 18.2 Å². The standard InChI is InChI=1S/C47H82O16P2/c1-3-5-7-9-11-13-15-17-18-19-20-21-22-24-25-27-29-31-33-35-40(48)59-37-39(61-41(49)36-34-32-30-28-26-23-16-14-12-10-8-6-4-2)38-60-65(57,58)63-47-44(52)42(50)43(51)46(45(47)53)62-64(54,55)56/h11,13,17-18,20-21,24-25,29,31,39,42-47,50-53H,3-10,12,14-16,19,22-23,26-28,30,32-38H2,1-2H3,(H,57,58)(H2,54,55,56). The normalized spacial score (nSPS) is 22.2. The first-order valence-corrected chi connectivity index (χ1v) is 26.9. The van der Waals surface area contributed by atoms with Crippen LogP contribution in [-0.2, 0) is 41.8 Å². The molecule has 0 aromatic heterocycles. The molecule has 8 unspecified atom stereocenters. The molecule has 1 rings (SSSR count). The first-order valence-electron chi connectivity index (χ1n) is 23.8. The van der Waals surface area contributed by atoms with Crippen molar-refractivity contribution in [2.24, 2.45) is 0 Å². The van der Waals surface area contributed by atoms with Crippen LogP contribution in [0, 0.1) is 0 Å². The van der Waals surface area contributed by atoms with E-state index in [-0.39, 0.29) is 12.8 Å². The summed E-state index contributed by atoms with van der Waals surface area (Å²) >= 11 is 0. The van der Waals surface area contributed by atoms with Gasteiger partial charge in [0.2, 0.25) is 0 Å². The largest absolute Gasteiger partial charge is 0.472 e. The highest BCUT2D eigenvalue weighted by molar-refractivity contribution is 7.47. The second kappa shape index (κ2) is 37.7. The summed E-state index contributed by atoms with van der Waals surface area (Å²) < 4.78 is 49.3. The fraction of sp³-hybridized carbons (Fsp3) is 0.745. The quantitative estimate of drug-likeness (QED) is 0.0131. The van der Waals surface area contributed by atoms with Crippen LogP contribution in [-0.4, -0.2) is 103 Å². The number of esters is 2. The number of phosphoric acid groups is 2.